The number of Topliss-reactive ketones (excluding diaryl/α,β-unsaturated/α-hetero) is 1. The third-order valence-corrected chi connectivity index (χ3v) is 4.29. The predicted molar refractivity (Wildman–Crippen MR) is 73.5 cm³/mol. The molecule has 0 unspecified atom stereocenters. The summed E-state index contributed by atoms with van der Waals surface area (Å²) in [7, 11) is 0. The van der Waals surface area contributed by atoms with Crippen LogP contribution in [0.5, 0.6) is 0 Å². The molecule has 1 heterocycles. The first-order valence-corrected chi connectivity index (χ1v) is 7.10. The van der Waals surface area contributed by atoms with Gasteiger partial charge in [-0.1, -0.05) is 13.8 Å². The minimum absolute atomic E-state index is 0.260. The maximum atomic E-state index is 12.1. The van der Waals surface area contributed by atoms with Crippen LogP contribution >= 0.6 is 0 Å². The van der Waals surface area contributed by atoms with Crippen LogP contribution in [0.4, 0.5) is 0 Å². The maximum absolute atomic E-state index is 12.1. The SMILES string of the molecule is CC(C)C1CCC(CC(=O)c2cccnc2)CC1. The second kappa shape index (κ2) is 6.12. The molecule has 2 nitrogen and oxygen atoms in total. The van der Waals surface area contributed by atoms with Crippen LogP contribution in [0.2, 0.25) is 0 Å². The van der Waals surface area contributed by atoms with Crippen LogP contribution in [0, 0.1) is 17.8 Å². The van der Waals surface area contributed by atoms with Crippen molar-refractivity contribution in [2.45, 2.75) is 46.0 Å². The molecule has 0 atom stereocenters. The molecular formula is C16H23NO. The molecule has 1 aliphatic carbocycles. The quantitative estimate of drug-likeness (QED) is 0.747. The Morgan fingerprint density at radius 2 is 2.06 bits per heavy atom. The van der Waals surface area contributed by atoms with Crippen molar-refractivity contribution in [1.82, 2.24) is 4.98 Å². The summed E-state index contributed by atoms with van der Waals surface area (Å²) in [6, 6.07) is 3.71. The monoisotopic (exact) mass is 245 g/mol. The summed E-state index contributed by atoms with van der Waals surface area (Å²) in [6.45, 7) is 4.62. The number of rotatable bonds is 4. The Kier molecular flexibility index (Phi) is 4.51. The fourth-order valence-corrected chi connectivity index (χ4v) is 2.97. The molecule has 0 spiro atoms. The molecule has 1 fully saturated rings. The van der Waals surface area contributed by atoms with Gasteiger partial charge in [0.2, 0.25) is 0 Å². The highest BCUT2D eigenvalue weighted by molar-refractivity contribution is 5.95. The largest absolute Gasteiger partial charge is 0.294 e. The smallest absolute Gasteiger partial charge is 0.164 e. The van der Waals surface area contributed by atoms with E-state index in [0.717, 1.165) is 17.4 Å². The number of carbonyl (C=O) groups excluding carboxylic acids is 1. The number of pyridine rings is 1. The molecular weight excluding hydrogens is 222 g/mol. The Balaban J connectivity index is 1.83. The zero-order valence-electron chi connectivity index (χ0n) is 11.4. The normalized spacial score (nSPS) is 24.2. The molecule has 0 bridgehead atoms. The first-order chi connectivity index (χ1) is 8.66. The first kappa shape index (κ1) is 13.3. The van der Waals surface area contributed by atoms with Crippen molar-refractivity contribution in [3.8, 4) is 0 Å². The summed E-state index contributed by atoms with van der Waals surface area (Å²) < 4.78 is 0. The van der Waals surface area contributed by atoms with Gasteiger partial charge in [0.15, 0.2) is 5.78 Å². The van der Waals surface area contributed by atoms with E-state index in [9.17, 15) is 4.79 Å². The van der Waals surface area contributed by atoms with E-state index in [0.29, 0.717) is 12.3 Å². The Bertz CT molecular complexity index is 377. The number of aromatic nitrogens is 1. The standard InChI is InChI=1S/C16H23NO/c1-12(2)14-7-5-13(6-8-14)10-16(18)15-4-3-9-17-11-15/h3-4,9,11-14H,5-8,10H2,1-2H3. The summed E-state index contributed by atoms with van der Waals surface area (Å²) in [6.07, 6.45) is 9.12. The molecule has 0 saturated heterocycles. The summed E-state index contributed by atoms with van der Waals surface area (Å²) in [5, 5.41) is 0. The number of carbonyl (C=O) groups is 1. The Morgan fingerprint density at radius 3 is 2.61 bits per heavy atom. The lowest BCUT2D eigenvalue weighted by Gasteiger charge is -2.30. The third-order valence-electron chi connectivity index (χ3n) is 4.29. The highest BCUT2D eigenvalue weighted by Crippen LogP contribution is 2.35. The van der Waals surface area contributed by atoms with Gasteiger partial charge in [-0.25, -0.2) is 0 Å². The van der Waals surface area contributed by atoms with Gasteiger partial charge in [0.05, 0.1) is 0 Å². The topological polar surface area (TPSA) is 30.0 Å². The van der Waals surface area contributed by atoms with E-state index in [1.165, 1.54) is 25.7 Å². The van der Waals surface area contributed by atoms with Crippen molar-refractivity contribution in [3.63, 3.8) is 0 Å². The van der Waals surface area contributed by atoms with Crippen LogP contribution in [0.1, 0.15) is 56.3 Å². The van der Waals surface area contributed by atoms with Crippen molar-refractivity contribution in [2.24, 2.45) is 17.8 Å². The zero-order valence-corrected chi connectivity index (χ0v) is 11.4. The molecule has 0 amide bonds. The predicted octanol–water partition coefficient (Wildman–Crippen LogP) is 4.12. The molecule has 0 radical (unpaired) electrons. The van der Waals surface area contributed by atoms with Crippen LogP contribution in [0.3, 0.4) is 0 Å². The third kappa shape index (κ3) is 3.41. The van der Waals surface area contributed by atoms with Crippen molar-refractivity contribution in [3.05, 3.63) is 30.1 Å². The molecule has 2 rings (SSSR count). The molecule has 0 aromatic carbocycles. The minimum Gasteiger partial charge on any atom is -0.294 e. The van der Waals surface area contributed by atoms with Gasteiger partial charge < -0.3 is 0 Å². The van der Waals surface area contributed by atoms with Crippen molar-refractivity contribution in [2.75, 3.05) is 0 Å². The molecule has 2 heteroatoms. The fraction of sp³-hybridized carbons (Fsp3) is 0.625. The number of hydrogen-bond acceptors (Lipinski definition) is 2. The van der Waals surface area contributed by atoms with Crippen LogP contribution < -0.4 is 0 Å². The lowest BCUT2D eigenvalue weighted by atomic mass is 9.75. The van der Waals surface area contributed by atoms with Crippen LogP contribution in [-0.2, 0) is 0 Å². The van der Waals surface area contributed by atoms with Gasteiger partial charge in [-0.05, 0) is 55.6 Å². The van der Waals surface area contributed by atoms with E-state index in [4.69, 9.17) is 0 Å². The van der Waals surface area contributed by atoms with Gasteiger partial charge in [0.1, 0.15) is 0 Å². The lowest BCUT2D eigenvalue weighted by molar-refractivity contribution is 0.0937. The van der Waals surface area contributed by atoms with Gasteiger partial charge in [0.25, 0.3) is 0 Å². The van der Waals surface area contributed by atoms with Crippen LogP contribution in [-0.4, -0.2) is 10.8 Å². The average Bonchev–Trinajstić information content (AvgIpc) is 2.40. The van der Waals surface area contributed by atoms with E-state index in [2.05, 4.69) is 18.8 Å². The Hall–Kier alpha value is -1.18. The van der Waals surface area contributed by atoms with Gasteiger partial charge in [-0.2, -0.15) is 0 Å². The number of ketones is 1. The van der Waals surface area contributed by atoms with Crippen LogP contribution in [0.25, 0.3) is 0 Å². The molecule has 1 aromatic heterocycles. The van der Waals surface area contributed by atoms with E-state index in [1.54, 1.807) is 12.4 Å². The summed E-state index contributed by atoms with van der Waals surface area (Å²) in [4.78, 5) is 16.1. The molecule has 0 N–H and O–H groups in total. The highest BCUT2D eigenvalue weighted by atomic mass is 16.1. The van der Waals surface area contributed by atoms with Crippen molar-refractivity contribution in [1.29, 1.82) is 0 Å². The number of nitrogens with zero attached hydrogens (tertiary/aromatic N) is 1. The molecule has 1 saturated carbocycles. The number of hydrogen-bond donors (Lipinski definition) is 0. The second-order valence-electron chi connectivity index (χ2n) is 5.89. The van der Waals surface area contributed by atoms with Crippen molar-refractivity contribution < 1.29 is 4.79 Å². The molecule has 1 aliphatic rings. The zero-order chi connectivity index (χ0) is 13.0. The van der Waals surface area contributed by atoms with Gasteiger partial charge in [0, 0.05) is 24.4 Å². The summed E-state index contributed by atoms with van der Waals surface area (Å²) in [5.41, 5.74) is 0.767. The summed E-state index contributed by atoms with van der Waals surface area (Å²) in [5.74, 6) is 2.51. The Morgan fingerprint density at radius 1 is 1.33 bits per heavy atom. The lowest BCUT2D eigenvalue weighted by Crippen LogP contribution is -2.20. The summed E-state index contributed by atoms with van der Waals surface area (Å²) >= 11 is 0. The Labute approximate surface area is 110 Å². The first-order valence-electron chi connectivity index (χ1n) is 7.10. The molecule has 1 aromatic rings. The second-order valence-corrected chi connectivity index (χ2v) is 5.89. The van der Waals surface area contributed by atoms with E-state index in [1.807, 2.05) is 12.1 Å². The average molecular weight is 245 g/mol. The molecule has 18 heavy (non-hydrogen) atoms. The van der Waals surface area contributed by atoms with E-state index in [-0.39, 0.29) is 5.78 Å². The molecule has 98 valence electrons. The highest BCUT2D eigenvalue weighted by Gasteiger charge is 2.24. The maximum Gasteiger partial charge on any atom is 0.164 e. The van der Waals surface area contributed by atoms with Gasteiger partial charge >= 0.3 is 0 Å². The van der Waals surface area contributed by atoms with Crippen molar-refractivity contribution >= 4 is 5.78 Å². The van der Waals surface area contributed by atoms with Gasteiger partial charge in [-0.3, -0.25) is 9.78 Å². The minimum atomic E-state index is 0.260. The fourth-order valence-electron chi connectivity index (χ4n) is 2.97. The van der Waals surface area contributed by atoms with Gasteiger partial charge in [-0.15, -0.1) is 0 Å². The molecule has 0 aliphatic heterocycles. The van der Waals surface area contributed by atoms with E-state index >= 15 is 0 Å². The van der Waals surface area contributed by atoms with E-state index < -0.39 is 0 Å². The van der Waals surface area contributed by atoms with Crippen LogP contribution in [0.15, 0.2) is 24.5 Å².